The van der Waals surface area contributed by atoms with Crippen LogP contribution in [-0.2, 0) is 17.8 Å². The van der Waals surface area contributed by atoms with E-state index in [1.165, 1.54) is 0 Å². The molecule has 3 heterocycles. The van der Waals surface area contributed by atoms with Crippen LogP contribution in [0.5, 0.6) is 0 Å². The van der Waals surface area contributed by atoms with Crippen LogP contribution in [0.15, 0.2) is 41.2 Å². The summed E-state index contributed by atoms with van der Waals surface area (Å²) in [6.07, 6.45) is 3.42. The van der Waals surface area contributed by atoms with Gasteiger partial charge in [0.15, 0.2) is 5.76 Å². The highest BCUT2D eigenvalue weighted by atomic mass is 16.5. The third kappa shape index (κ3) is 4.59. The van der Waals surface area contributed by atoms with Crippen molar-refractivity contribution in [2.24, 2.45) is 0 Å². The van der Waals surface area contributed by atoms with Gasteiger partial charge in [-0.15, -0.1) is 0 Å². The number of rotatable bonds is 8. The first kappa shape index (κ1) is 18.8. The average molecular weight is 369 g/mol. The molecule has 0 fully saturated rings. The Labute approximate surface area is 157 Å². The Morgan fingerprint density at radius 3 is 2.96 bits per heavy atom. The Morgan fingerprint density at radius 2 is 2.22 bits per heavy atom. The van der Waals surface area contributed by atoms with E-state index < -0.39 is 0 Å². The zero-order valence-electron chi connectivity index (χ0n) is 15.8. The minimum absolute atomic E-state index is 0.133. The summed E-state index contributed by atoms with van der Waals surface area (Å²) < 4.78 is 12.4. The van der Waals surface area contributed by atoms with Crippen LogP contribution in [0.25, 0.3) is 11.3 Å². The first-order chi connectivity index (χ1) is 13.1. The molecule has 142 valence electrons. The summed E-state index contributed by atoms with van der Waals surface area (Å²) in [6, 6.07) is 7.35. The molecule has 0 radical (unpaired) electrons. The van der Waals surface area contributed by atoms with Gasteiger partial charge < -0.3 is 14.2 Å². The summed E-state index contributed by atoms with van der Waals surface area (Å²) in [5.41, 5.74) is 2.88. The van der Waals surface area contributed by atoms with Gasteiger partial charge in [0.2, 0.25) is 0 Å². The summed E-state index contributed by atoms with van der Waals surface area (Å²) in [7, 11) is 1.73. The Morgan fingerprint density at radius 1 is 1.37 bits per heavy atom. The fourth-order valence-electron chi connectivity index (χ4n) is 2.72. The third-order valence-electron chi connectivity index (χ3n) is 4.03. The van der Waals surface area contributed by atoms with Crippen molar-refractivity contribution < 1.29 is 14.1 Å². The average Bonchev–Trinajstić information content (AvgIpc) is 3.28. The first-order valence-electron chi connectivity index (χ1n) is 8.82. The second-order valence-corrected chi connectivity index (χ2v) is 6.17. The lowest BCUT2D eigenvalue weighted by Gasteiger charge is -2.16. The molecule has 0 N–H and O–H groups in total. The minimum atomic E-state index is -0.133. The number of hydrogen-bond acceptors (Lipinski definition) is 6. The van der Waals surface area contributed by atoms with Crippen LogP contribution in [-0.4, -0.2) is 51.0 Å². The van der Waals surface area contributed by atoms with Gasteiger partial charge in [0, 0.05) is 37.7 Å². The third-order valence-corrected chi connectivity index (χ3v) is 4.03. The van der Waals surface area contributed by atoms with Gasteiger partial charge in [-0.2, -0.15) is 5.10 Å². The molecule has 8 heteroatoms. The molecule has 0 bridgehead atoms. The van der Waals surface area contributed by atoms with Crippen molar-refractivity contribution in [2.45, 2.75) is 26.9 Å². The molecule has 0 atom stereocenters. The lowest BCUT2D eigenvalue weighted by molar-refractivity contribution is 0.0754. The van der Waals surface area contributed by atoms with E-state index in [4.69, 9.17) is 9.26 Å². The van der Waals surface area contributed by atoms with Crippen LogP contribution in [0.1, 0.15) is 28.9 Å². The number of carbonyl (C=O) groups is 1. The number of pyridine rings is 1. The molecule has 0 aliphatic heterocycles. The number of aryl methyl sites for hydroxylation is 1. The molecule has 0 saturated carbocycles. The van der Waals surface area contributed by atoms with E-state index in [1.807, 2.05) is 32.0 Å². The molecular formula is C19H23N5O3. The normalized spacial score (nSPS) is 10.9. The Bertz CT molecular complexity index is 888. The first-order valence-corrected chi connectivity index (χ1v) is 8.82. The van der Waals surface area contributed by atoms with Gasteiger partial charge >= 0.3 is 0 Å². The minimum Gasteiger partial charge on any atom is -0.380 e. The van der Waals surface area contributed by atoms with Crippen molar-refractivity contribution in [3.05, 3.63) is 53.8 Å². The zero-order chi connectivity index (χ0) is 19.2. The zero-order valence-corrected chi connectivity index (χ0v) is 15.8. The molecule has 8 nitrogen and oxygen atoms in total. The second-order valence-electron chi connectivity index (χ2n) is 6.17. The number of ether oxygens (including phenoxy) is 1. The van der Waals surface area contributed by atoms with Gasteiger partial charge in [-0.3, -0.25) is 14.5 Å². The van der Waals surface area contributed by atoms with Crippen LogP contribution in [0.3, 0.4) is 0 Å². The predicted molar refractivity (Wildman–Crippen MR) is 99.0 cm³/mol. The molecular weight excluding hydrogens is 346 g/mol. The number of amides is 1. The van der Waals surface area contributed by atoms with E-state index in [1.54, 1.807) is 35.1 Å². The summed E-state index contributed by atoms with van der Waals surface area (Å²) >= 11 is 0. The maximum Gasteiger partial charge on any atom is 0.272 e. The number of hydrogen-bond donors (Lipinski definition) is 0. The van der Waals surface area contributed by atoms with Gasteiger partial charge in [0.1, 0.15) is 11.4 Å². The fourth-order valence-corrected chi connectivity index (χ4v) is 2.72. The molecule has 0 spiro atoms. The van der Waals surface area contributed by atoms with Crippen LogP contribution < -0.4 is 0 Å². The van der Waals surface area contributed by atoms with Gasteiger partial charge in [0.05, 0.1) is 25.4 Å². The Hall–Kier alpha value is -3.00. The molecule has 0 unspecified atom stereocenters. The van der Waals surface area contributed by atoms with Crippen molar-refractivity contribution in [3.63, 3.8) is 0 Å². The van der Waals surface area contributed by atoms with Crippen molar-refractivity contribution in [3.8, 4) is 11.3 Å². The van der Waals surface area contributed by atoms with Crippen LogP contribution >= 0.6 is 0 Å². The van der Waals surface area contributed by atoms with E-state index in [0.29, 0.717) is 43.5 Å². The molecule has 3 rings (SSSR count). The van der Waals surface area contributed by atoms with Crippen LogP contribution in [0.2, 0.25) is 0 Å². The van der Waals surface area contributed by atoms with Gasteiger partial charge in [0.25, 0.3) is 5.91 Å². The second kappa shape index (κ2) is 8.59. The van der Waals surface area contributed by atoms with Crippen molar-refractivity contribution >= 4 is 5.91 Å². The molecule has 0 saturated heterocycles. The quantitative estimate of drug-likeness (QED) is 0.567. The standard InChI is InChI=1S/C19H23N5O3/c1-4-26-9-8-24-18(10-14(2)21-24)19(25)23(3)13-16-11-17(22-27-16)15-6-5-7-20-12-15/h5-7,10-12H,4,8-9,13H2,1-3H3. The molecule has 3 aromatic heterocycles. The van der Waals surface area contributed by atoms with Crippen molar-refractivity contribution in [2.75, 3.05) is 20.3 Å². The maximum absolute atomic E-state index is 12.8. The van der Waals surface area contributed by atoms with Gasteiger partial charge in [-0.1, -0.05) is 5.16 Å². The molecule has 0 aromatic carbocycles. The number of aromatic nitrogens is 4. The summed E-state index contributed by atoms with van der Waals surface area (Å²) in [5.74, 6) is 0.466. The molecule has 27 heavy (non-hydrogen) atoms. The highest BCUT2D eigenvalue weighted by Gasteiger charge is 2.20. The van der Waals surface area contributed by atoms with Crippen molar-refractivity contribution in [1.29, 1.82) is 0 Å². The lowest BCUT2D eigenvalue weighted by Crippen LogP contribution is -2.29. The van der Waals surface area contributed by atoms with Crippen LogP contribution in [0, 0.1) is 6.92 Å². The fraction of sp³-hybridized carbons (Fsp3) is 0.368. The van der Waals surface area contributed by atoms with E-state index in [-0.39, 0.29) is 5.91 Å². The lowest BCUT2D eigenvalue weighted by atomic mass is 10.2. The van der Waals surface area contributed by atoms with Crippen molar-refractivity contribution in [1.82, 2.24) is 24.8 Å². The summed E-state index contributed by atoms with van der Waals surface area (Å²) in [4.78, 5) is 18.5. The van der Waals surface area contributed by atoms with E-state index in [9.17, 15) is 4.79 Å². The monoisotopic (exact) mass is 369 g/mol. The SMILES string of the molecule is CCOCCn1nc(C)cc1C(=O)N(C)Cc1cc(-c2cccnc2)no1. The topological polar surface area (TPSA) is 86.3 Å². The van der Waals surface area contributed by atoms with Crippen LogP contribution in [0.4, 0.5) is 0 Å². The maximum atomic E-state index is 12.8. The van der Waals surface area contributed by atoms with Gasteiger partial charge in [-0.05, 0) is 32.0 Å². The van der Waals surface area contributed by atoms with Gasteiger partial charge in [-0.25, -0.2) is 0 Å². The summed E-state index contributed by atoms with van der Waals surface area (Å²) in [6.45, 7) is 5.79. The molecule has 1 amide bonds. The predicted octanol–water partition coefficient (Wildman–Crippen LogP) is 2.55. The van der Waals surface area contributed by atoms with E-state index in [0.717, 1.165) is 11.3 Å². The van der Waals surface area contributed by atoms with E-state index >= 15 is 0 Å². The smallest absolute Gasteiger partial charge is 0.272 e. The Kier molecular flexibility index (Phi) is 5.97. The summed E-state index contributed by atoms with van der Waals surface area (Å²) in [5, 5.41) is 8.44. The Balaban J connectivity index is 1.69. The molecule has 3 aromatic rings. The van der Waals surface area contributed by atoms with E-state index in [2.05, 4.69) is 15.2 Å². The molecule has 0 aliphatic rings. The highest BCUT2D eigenvalue weighted by Crippen LogP contribution is 2.19. The highest BCUT2D eigenvalue weighted by molar-refractivity contribution is 5.92. The molecule has 0 aliphatic carbocycles. The number of carbonyl (C=O) groups excluding carboxylic acids is 1. The number of nitrogens with zero attached hydrogens (tertiary/aromatic N) is 5. The largest absolute Gasteiger partial charge is 0.380 e.